The van der Waals surface area contributed by atoms with Crippen LogP contribution in [-0.2, 0) is 9.59 Å². The molecule has 0 saturated carbocycles. The van der Waals surface area contributed by atoms with Crippen molar-refractivity contribution in [2.24, 2.45) is 0 Å². The molecule has 0 radical (unpaired) electrons. The number of anilines is 2. The van der Waals surface area contributed by atoms with Gasteiger partial charge in [-0.1, -0.05) is 35.9 Å². The van der Waals surface area contributed by atoms with Gasteiger partial charge in [-0.3, -0.25) is 9.59 Å². The van der Waals surface area contributed by atoms with Gasteiger partial charge >= 0.3 is 0 Å². The largest absolute Gasteiger partial charge is 0.325 e. The summed E-state index contributed by atoms with van der Waals surface area (Å²) in [6, 6.07) is 14.4. The van der Waals surface area contributed by atoms with E-state index in [1.165, 1.54) is 6.92 Å². The molecule has 0 saturated heterocycles. The fourth-order valence-electron chi connectivity index (χ4n) is 2.11. The first-order chi connectivity index (χ1) is 11.0. The Morgan fingerprint density at radius 3 is 2.43 bits per heavy atom. The molecule has 1 N–H and O–H groups in total. The van der Waals surface area contributed by atoms with Crippen molar-refractivity contribution in [3.05, 3.63) is 58.0 Å². The molecule has 23 heavy (non-hydrogen) atoms. The Kier molecular flexibility index (Phi) is 6.19. The maximum absolute atomic E-state index is 12.1. The molecule has 2 aromatic rings. The highest BCUT2D eigenvalue weighted by Crippen LogP contribution is 2.26. The fourth-order valence-corrected chi connectivity index (χ4v) is 2.79. The molecule has 6 heteroatoms. The van der Waals surface area contributed by atoms with E-state index in [-0.39, 0.29) is 24.8 Å². The van der Waals surface area contributed by atoms with E-state index in [0.29, 0.717) is 10.7 Å². The van der Waals surface area contributed by atoms with Gasteiger partial charge in [0.25, 0.3) is 0 Å². The second-order valence-electron chi connectivity index (χ2n) is 4.90. The summed E-state index contributed by atoms with van der Waals surface area (Å²) < 4.78 is 0.807. The molecule has 0 aliphatic rings. The van der Waals surface area contributed by atoms with Gasteiger partial charge < -0.3 is 10.2 Å². The van der Waals surface area contributed by atoms with Crippen LogP contribution in [-0.4, -0.2) is 18.4 Å². The predicted molar refractivity (Wildman–Crippen MR) is 96.9 cm³/mol. The number of hydrogen-bond donors (Lipinski definition) is 1. The molecule has 0 aromatic heterocycles. The zero-order valence-corrected chi connectivity index (χ0v) is 14.9. The molecule has 2 rings (SSSR count). The Hall–Kier alpha value is -1.85. The van der Waals surface area contributed by atoms with Gasteiger partial charge in [-0.15, -0.1) is 0 Å². The lowest BCUT2D eigenvalue weighted by atomic mass is 10.2. The highest BCUT2D eigenvalue weighted by atomic mass is 79.9. The minimum atomic E-state index is -0.198. The van der Waals surface area contributed by atoms with Crippen molar-refractivity contribution in [3.8, 4) is 0 Å². The number of rotatable bonds is 5. The first kappa shape index (κ1) is 17.5. The van der Waals surface area contributed by atoms with Crippen molar-refractivity contribution in [2.45, 2.75) is 13.3 Å². The molecular weight excluding hydrogens is 380 g/mol. The van der Waals surface area contributed by atoms with E-state index >= 15 is 0 Å². The van der Waals surface area contributed by atoms with E-state index in [9.17, 15) is 9.59 Å². The van der Waals surface area contributed by atoms with Gasteiger partial charge in [0.15, 0.2) is 0 Å². The summed E-state index contributed by atoms with van der Waals surface area (Å²) in [6.45, 7) is 1.76. The van der Waals surface area contributed by atoms with Crippen molar-refractivity contribution in [2.75, 3.05) is 16.8 Å². The lowest BCUT2D eigenvalue weighted by molar-refractivity contribution is -0.117. The Balaban J connectivity index is 2.02. The van der Waals surface area contributed by atoms with Crippen LogP contribution in [0.1, 0.15) is 13.3 Å². The van der Waals surface area contributed by atoms with E-state index in [2.05, 4.69) is 21.2 Å². The second kappa shape index (κ2) is 8.13. The monoisotopic (exact) mass is 394 g/mol. The SMILES string of the molecule is CC(=O)N(CCC(=O)Nc1ccccc1Cl)c1ccccc1Br. The quantitative estimate of drug-likeness (QED) is 0.811. The van der Waals surface area contributed by atoms with Crippen LogP contribution in [0.4, 0.5) is 11.4 Å². The normalized spacial score (nSPS) is 10.2. The van der Waals surface area contributed by atoms with Gasteiger partial charge in [-0.05, 0) is 40.2 Å². The average Bonchev–Trinajstić information content (AvgIpc) is 2.51. The number of amides is 2. The lowest BCUT2D eigenvalue weighted by Gasteiger charge is -2.22. The number of carbonyl (C=O) groups excluding carboxylic acids is 2. The minimum Gasteiger partial charge on any atom is -0.325 e. The van der Waals surface area contributed by atoms with Gasteiger partial charge in [0.05, 0.1) is 16.4 Å². The number of nitrogens with one attached hydrogen (secondary N) is 1. The lowest BCUT2D eigenvalue weighted by Crippen LogP contribution is -2.32. The Labute approximate surface area is 148 Å². The topological polar surface area (TPSA) is 49.4 Å². The Morgan fingerprint density at radius 2 is 1.78 bits per heavy atom. The first-order valence-electron chi connectivity index (χ1n) is 7.06. The maximum Gasteiger partial charge on any atom is 0.226 e. The van der Waals surface area contributed by atoms with Crippen LogP contribution >= 0.6 is 27.5 Å². The molecule has 0 spiro atoms. The van der Waals surface area contributed by atoms with Gasteiger partial charge in [-0.2, -0.15) is 0 Å². The molecule has 0 atom stereocenters. The number of carbonyl (C=O) groups is 2. The summed E-state index contributed by atoms with van der Waals surface area (Å²) in [5, 5.41) is 3.23. The fraction of sp³-hybridized carbons (Fsp3) is 0.176. The zero-order chi connectivity index (χ0) is 16.8. The van der Waals surface area contributed by atoms with Crippen LogP contribution in [0.5, 0.6) is 0 Å². The molecule has 0 bridgehead atoms. The number of benzene rings is 2. The van der Waals surface area contributed by atoms with E-state index in [0.717, 1.165) is 10.2 Å². The van der Waals surface area contributed by atoms with E-state index < -0.39 is 0 Å². The van der Waals surface area contributed by atoms with Gasteiger partial charge in [0.1, 0.15) is 0 Å². The third-order valence-electron chi connectivity index (χ3n) is 3.23. The summed E-state index contributed by atoms with van der Waals surface area (Å²) in [4.78, 5) is 25.5. The third-order valence-corrected chi connectivity index (χ3v) is 4.23. The number of nitrogens with zero attached hydrogens (tertiary/aromatic N) is 1. The number of para-hydroxylation sites is 2. The minimum absolute atomic E-state index is 0.123. The van der Waals surface area contributed by atoms with Crippen molar-refractivity contribution in [1.29, 1.82) is 0 Å². The van der Waals surface area contributed by atoms with Gasteiger partial charge in [-0.25, -0.2) is 0 Å². The summed E-state index contributed by atoms with van der Waals surface area (Å²) in [5.74, 6) is -0.321. The van der Waals surface area contributed by atoms with Crippen LogP contribution in [0.2, 0.25) is 5.02 Å². The van der Waals surface area contributed by atoms with Crippen LogP contribution in [0, 0.1) is 0 Å². The van der Waals surface area contributed by atoms with Crippen LogP contribution in [0.25, 0.3) is 0 Å². The van der Waals surface area contributed by atoms with Crippen molar-refractivity contribution >= 4 is 50.7 Å². The smallest absolute Gasteiger partial charge is 0.226 e. The molecule has 4 nitrogen and oxygen atoms in total. The van der Waals surface area contributed by atoms with Crippen LogP contribution < -0.4 is 10.2 Å². The highest BCUT2D eigenvalue weighted by Gasteiger charge is 2.16. The summed E-state index contributed by atoms with van der Waals surface area (Å²) in [7, 11) is 0. The molecule has 0 aliphatic carbocycles. The summed E-state index contributed by atoms with van der Waals surface area (Å²) in [6.07, 6.45) is 0.173. The Bertz CT molecular complexity index is 721. The first-order valence-corrected chi connectivity index (χ1v) is 8.23. The van der Waals surface area contributed by atoms with Crippen LogP contribution in [0.15, 0.2) is 53.0 Å². The number of halogens is 2. The number of hydrogen-bond acceptors (Lipinski definition) is 2. The molecule has 0 heterocycles. The predicted octanol–water partition coefficient (Wildman–Crippen LogP) is 4.48. The molecular formula is C17H16BrClN2O2. The molecule has 120 valence electrons. The van der Waals surface area contributed by atoms with Gasteiger partial charge in [0.2, 0.25) is 11.8 Å². The van der Waals surface area contributed by atoms with Crippen LogP contribution in [0.3, 0.4) is 0 Å². The second-order valence-corrected chi connectivity index (χ2v) is 6.16. The molecule has 0 unspecified atom stereocenters. The third kappa shape index (κ3) is 4.81. The van der Waals surface area contributed by atoms with Crippen molar-refractivity contribution < 1.29 is 9.59 Å². The highest BCUT2D eigenvalue weighted by molar-refractivity contribution is 9.10. The summed E-state index contributed by atoms with van der Waals surface area (Å²) >= 11 is 9.44. The average molecular weight is 396 g/mol. The standard InChI is InChI=1S/C17H16BrClN2O2/c1-12(22)21(16-9-5-2-6-13(16)18)11-10-17(23)20-15-8-4-3-7-14(15)19/h2-9H,10-11H2,1H3,(H,20,23). The molecule has 0 aliphatic heterocycles. The van der Waals surface area contributed by atoms with E-state index in [4.69, 9.17) is 11.6 Å². The molecule has 2 amide bonds. The van der Waals surface area contributed by atoms with E-state index in [1.54, 1.807) is 29.2 Å². The Morgan fingerprint density at radius 1 is 1.13 bits per heavy atom. The summed E-state index contributed by atoms with van der Waals surface area (Å²) in [5.41, 5.74) is 1.31. The molecule has 0 fully saturated rings. The zero-order valence-electron chi connectivity index (χ0n) is 12.6. The van der Waals surface area contributed by atoms with Crippen molar-refractivity contribution in [1.82, 2.24) is 0 Å². The van der Waals surface area contributed by atoms with Gasteiger partial charge in [0, 0.05) is 24.4 Å². The molecule has 2 aromatic carbocycles. The maximum atomic E-state index is 12.1. The van der Waals surface area contributed by atoms with E-state index in [1.807, 2.05) is 24.3 Å². The van der Waals surface area contributed by atoms with Crippen molar-refractivity contribution in [3.63, 3.8) is 0 Å².